The first kappa shape index (κ1) is 28.8. The molecule has 8 nitrogen and oxygen atoms in total. The summed E-state index contributed by atoms with van der Waals surface area (Å²) >= 11 is 7.63. The Kier molecular flexibility index (Phi) is 9.43. The second kappa shape index (κ2) is 13.8. The predicted octanol–water partition coefficient (Wildman–Crippen LogP) is 6.25. The number of hydrogen-bond acceptors (Lipinski definition) is 6. The van der Waals surface area contributed by atoms with E-state index >= 15 is 0 Å². The van der Waals surface area contributed by atoms with Crippen molar-refractivity contribution in [2.45, 2.75) is 4.90 Å². The molecule has 3 N–H and O–H groups in total. The first-order valence-electron chi connectivity index (χ1n) is 13.0. The molecule has 0 atom stereocenters. The number of nitrogens with one attached hydrogen (secondary N) is 3. The molecule has 0 aromatic heterocycles. The van der Waals surface area contributed by atoms with E-state index in [1.54, 1.807) is 91.0 Å². The zero-order valence-corrected chi connectivity index (χ0v) is 23.8. The number of benzene rings is 4. The number of anilines is 2. The van der Waals surface area contributed by atoms with Crippen LogP contribution in [0.15, 0.2) is 108 Å². The Labute approximate surface area is 252 Å². The van der Waals surface area contributed by atoms with Crippen LogP contribution in [0.25, 0.3) is 6.08 Å². The van der Waals surface area contributed by atoms with Gasteiger partial charge in [0.15, 0.2) is 11.5 Å². The lowest BCUT2D eigenvalue weighted by atomic mass is 10.1. The van der Waals surface area contributed by atoms with Gasteiger partial charge in [0, 0.05) is 32.9 Å². The molecule has 4 aromatic rings. The van der Waals surface area contributed by atoms with Gasteiger partial charge in [-0.25, -0.2) is 0 Å². The minimum Gasteiger partial charge on any atom is -0.486 e. The van der Waals surface area contributed by atoms with Gasteiger partial charge in [-0.3, -0.25) is 14.4 Å². The molecule has 42 heavy (non-hydrogen) atoms. The fourth-order valence-electron chi connectivity index (χ4n) is 4.02. The summed E-state index contributed by atoms with van der Waals surface area (Å²) in [4.78, 5) is 39.6. The van der Waals surface area contributed by atoms with Crippen molar-refractivity contribution in [1.82, 2.24) is 5.32 Å². The molecular weight excluding hydrogens is 574 g/mol. The van der Waals surface area contributed by atoms with Gasteiger partial charge in [-0.15, -0.1) is 11.8 Å². The highest BCUT2D eigenvalue weighted by Gasteiger charge is 2.17. The van der Waals surface area contributed by atoms with Gasteiger partial charge in [0.05, 0.1) is 5.75 Å². The number of amides is 3. The van der Waals surface area contributed by atoms with Crippen LogP contribution in [0, 0.1) is 0 Å². The van der Waals surface area contributed by atoms with Crippen LogP contribution in [0.5, 0.6) is 11.5 Å². The average Bonchev–Trinajstić information content (AvgIpc) is 3.01. The van der Waals surface area contributed by atoms with Crippen molar-refractivity contribution < 1.29 is 23.9 Å². The zero-order chi connectivity index (χ0) is 29.3. The average molecular weight is 600 g/mol. The van der Waals surface area contributed by atoms with Gasteiger partial charge in [-0.2, -0.15) is 0 Å². The number of rotatable bonds is 9. The summed E-state index contributed by atoms with van der Waals surface area (Å²) < 4.78 is 11.1. The van der Waals surface area contributed by atoms with Gasteiger partial charge >= 0.3 is 0 Å². The zero-order valence-electron chi connectivity index (χ0n) is 22.3. The number of fused-ring (bicyclic) bond motifs is 1. The van der Waals surface area contributed by atoms with Crippen LogP contribution in [-0.4, -0.2) is 36.7 Å². The monoisotopic (exact) mass is 599 g/mol. The van der Waals surface area contributed by atoms with Crippen LogP contribution < -0.4 is 25.4 Å². The quantitative estimate of drug-likeness (QED) is 0.155. The molecule has 1 heterocycles. The van der Waals surface area contributed by atoms with Crippen molar-refractivity contribution in [2.24, 2.45) is 0 Å². The van der Waals surface area contributed by atoms with E-state index in [1.165, 1.54) is 17.8 Å². The molecule has 0 saturated heterocycles. The molecule has 212 valence electrons. The second-order valence-corrected chi connectivity index (χ2v) is 10.5. The Balaban J connectivity index is 1.24. The molecule has 1 aliphatic rings. The summed E-state index contributed by atoms with van der Waals surface area (Å²) in [5.74, 6) is 0.237. The Hall–Kier alpha value is -4.73. The molecule has 10 heteroatoms. The molecule has 0 bridgehead atoms. The van der Waals surface area contributed by atoms with E-state index < -0.39 is 11.8 Å². The third-order valence-electron chi connectivity index (χ3n) is 6.02. The molecular formula is C32H26ClN3O5S. The molecule has 4 aromatic carbocycles. The van der Waals surface area contributed by atoms with E-state index in [4.69, 9.17) is 21.1 Å². The van der Waals surface area contributed by atoms with Crippen molar-refractivity contribution in [1.29, 1.82) is 0 Å². The second-order valence-electron chi connectivity index (χ2n) is 9.08. The van der Waals surface area contributed by atoms with Crippen LogP contribution in [-0.2, 0) is 9.59 Å². The van der Waals surface area contributed by atoms with Crippen LogP contribution in [0.3, 0.4) is 0 Å². The highest BCUT2D eigenvalue weighted by molar-refractivity contribution is 8.00. The van der Waals surface area contributed by atoms with E-state index in [0.717, 1.165) is 4.90 Å². The van der Waals surface area contributed by atoms with Gasteiger partial charge in [-0.05, 0) is 60.2 Å². The lowest BCUT2D eigenvalue weighted by Crippen LogP contribution is -2.30. The number of hydrogen-bond donors (Lipinski definition) is 3. The molecule has 0 saturated carbocycles. The number of ether oxygens (including phenoxy) is 2. The maximum Gasteiger partial charge on any atom is 0.272 e. The van der Waals surface area contributed by atoms with Crippen LogP contribution in [0.1, 0.15) is 15.9 Å². The minimum absolute atomic E-state index is 0.0221. The highest BCUT2D eigenvalue weighted by atomic mass is 35.5. The Morgan fingerprint density at radius 1 is 0.786 bits per heavy atom. The largest absolute Gasteiger partial charge is 0.486 e. The summed E-state index contributed by atoms with van der Waals surface area (Å²) in [5, 5.41) is 8.83. The highest BCUT2D eigenvalue weighted by Crippen LogP contribution is 2.32. The smallest absolute Gasteiger partial charge is 0.272 e. The van der Waals surface area contributed by atoms with Crippen LogP contribution in [0.4, 0.5) is 11.4 Å². The number of carbonyl (C=O) groups is 3. The molecule has 1 aliphatic heterocycles. The molecule has 5 rings (SSSR count). The molecule has 0 radical (unpaired) electrons. The topological polar surface area (TPSA) is 106 Å². The van der Waals surface area contributed by atoms with Gasteiger partial charge in [0.25, 0.3) is 11.8 Å². The van der Waals surface area contributed by atoms with Crippen molar-refractivity contribution >= 4 is 58.5 Å². The van der Waals surface area contributed by atoms with Crippen molar-refractivity contribution in [2.75, 3.05) is 29.6 Å². The molecule has 0 aliphatic carbocycles. The summed E-state index contributed by atoms with van der Waals surface area (Å²) in [6, 6.07) is 28.0. The van der Waals surface area contributed by atoms with Gasteiger partial charge in [0.2, 0.25) is 5.91 Å². The van der Waals surface area contributed by atoms with Crippen molar-refractivity contribution in [3.8, 4) is 11.5 Å². The van der Waals surface area contributed by atoms with E-state index in [9.17, 15) is 14.4 Å². The fraction of sp³-hybridized carbons (Fsp3) is 0.0938. The maximum atomic E-state index is 13.4. The lowest BCUT2D eigenvalue weighted by molar-refractivity contribution is -0.114. The van der Waals surface area contributed by atoms with Gasteiger partial charge < -0.3 is 25.4 Å². The summed E-state index contributed by atoms with van der Waals surface area (Å²) in [5.41, 5.74) is 2.11. The summed E-state index contributed by atoms with van der Waals surface area (Å²) in [7, 11) is 0. The standard InChI is InChI=1S/C32H26ClN3O5S/c33-26-12-5-4-9-22(26)17-27(36-31(38)21-7-2-1-3-8-21)32(39)35-23-10-6-11-25(18-23)42-20-30(37)34-24-13-14-28-29(19-24)41-16-15-40-28/h1-14,17-19H,15-16,20H2,(H,34,37)(H,35,39)(H,36,38)/b27-17+. The van der Waals surface area contributed by atoms with Gasteiger partial charge in [-0.1, -0.05) is 54.1 Å². The normalized spacial score (nSPS) is 12.3. The summed E-state index contributed by atoms with van der Waals surface area (Å²) in [6.07, 6.45) is 1.53. The molecule has 3 amide bonds. The van der Waals surface area contributed by atoms with E-state index in [2.05, 4.69) is 16.0 Å². The lowest BCUT2D eigenvalue weighted by Gasteiger charge is -2.19. The Bertz CT molecular complexity index is 1640. The van der Waals surface area contributed by atoms with Crippen molar-refractivity contribution in [3.05, 3.63) is 119 Å². The first-order chi connectivity index (χ1) is 20.4. The third-order valence-corrected chi connectivity index (χ3v) is 7.36. The minimum atomic E-state index is -0.530. The molecule has 0 unspecified atom stereocenters. The van der Waals surface area contributed by atoms with Gasteiger partial charge in [0.1, 0.15) is 18.9 Å². The Morgan fingerprint density at radius 2 is 1.52 bits per heavy atom. The Morgan fingerprint density at radius 3 is 2.33 bits per heavy atom. The van der Waals surface area contributed by atoms with Crippen LogP contribution >= 0.6 is 23.4 Å². The molecule has 0 spiro atoms. The molecule has 0 fully saturated rings. The number of carbonyl (C=O) groups excluding carboxylic acids is 3. The SMILES string of the molecule is O=C(CSc1cccc(NC(=O)/C(=C\c2ccccc2Cl)NC(=O)c2ccccc2)c1)Nc1ccc2c(c1)OCCO2. The fourth-order valence-corrected chi connectivity index (χ4v) is 4.96. The maximum absolute atomic E-state index is 13.4. The van der Waals surface area contributed by atoms with Crippen LogP contribution in [0.2, 0.25) is 5.02 Å². The van der Waals surface area contributed by atoms with E-state index in [-0.39, 0.29) is 17.4 Å². The first-order valence-corrected chi connectivity index (χ1v) is 14.4. The van der Waals surface area contributed by atoms with Crippen molar-refractivity contribution in [3.63, 3.8) is 0 Å². The third kappa shape index (κ3) is 7.72. The number of thioether (sulfide) groups is 1. The van der Waals surface area contributed by atoms with E-state index in [0.29, 0.717) is 52.2 Å². The number of halogens is 1. The summed E-state index contributed by atoms with van der Waals surface area (Å²) in [6.45, 7) is 0.958. The predicted molar refractivity (Wildman–Crippen MR) is 165 cm³/mol. The van der Waals surface area contributed by atoms with E-state index in [1.807, 2.05) is 6.07 Å².